The molecule has 0 radical (unpaired) electrons. The fourth-order valence-electron chi connectivity index (χ4n) is 2.42. The lowest BCUT2D eigenvalue weighted by molar-refractivity contribution is -0.166. The van der Waals surface area contributed by atoms with Gasteiger partial charge in [-0.25, -0.2) is 0 Å². The summed E-state index contributed by atoms with van der Waals surface area (Å²) in [5.74, 6) is 0.227. The first kappa shape index (κ1) is 10.1. The largest absolute Gasteiger partial charge is 0.348 e. The Morgan fingerprint density at radius 3 is 2.71 bits per heavy atom. The minimum Gasteiger partial charge on any atom is -0.348 e. The van der Waals surface area contributed by atoms with Crippen LogP contribution < -0.4 is 0 Å². The van der Waals surface area contributed by atoms with Gasteiger partial charge in [0.1, 0.15) is 5.78 Å². The second kappa shape index (κ2) is 3.99. The molecule has 1 saturated heterocycles. The van der Waals surface area contributed by atoms with Crippen LogP contribution in [0.5, 0.6) is 0 Å². The zero-order chi connectivity index (χ0) is 10.0. The Balaban J connectivity index is 2.02. The zero-order valence-corrected chi connectivity index (χ0v) is 8.75. The number of hydrogen-bond acceptors (Lipinski definition) is 3. The van der Waals surface area contributed by atoms with E-state index in [1.807, 2.05) is 0 Å². The highest BCUT2D eigenvalue weighted by Gasteiger charge is 2.40. The third-order valence-electron chi connectivity index (χ3n) is 3.39. The van der Waals surface area contributed by atoms with E-state index in [0.29, 0.717) is 25.4 Å². The molecule has 2 rings (SSSR count). The van der Waals surface area contributed by atoms with Crippen LogP contribution in [-0.4, -0.2) is 24.8 Å². The van der Waals surface area contributed by atoms with Gasteiger partial charge < -0.3 is 9.47 Å². The van der Waals surface area contributed by atoms with Crippen molar-refractivity contribution in [2.45, 2.75) is 44.8 Å². The van der Waals surface area contributed by atoms with Crippen molar-refractivity contribution in [1.29, 1.82) is 0 Å². The second-order valence-corrected chi connectivity index (χ2v) is 4.22. The lowest BCUT2D eigenvalue weighted by Crippen LogP contribution is -2.29. The highest BCUT2D eigenvalue weighted by molar-refractivity contribution is 5.81. The summed E-state index contributed by atoms with van der Waals surface area (Å²) >= 11 is 0. The van der Waals surface area contributed by atoms with E-state index in [2.05, 4.69) is 6.92 Å². The molecule has 1 unspecified atom stereocenters. The molecule has 2 aliphatic rings. The van der Waals surface area contributed by atoms with Gasteiger partial charge in [0, 0.05) is 25.2 Å². The van der Waals surface area contributed by atoms with Gasteiger partial charge in [-0.3, -0.25) is 4.79 Å². The van der Waals surface area contributed by atoms with E-state index in [4.69, 9.17) is 9.47 Å². The summed E-state index contributed by atoms with van der Waals surface area (Å²) in [5.41, 5.74) is 0. The van der Waals surface area contributed by atoms with Crippen LogP contribution in [0.25, 0.3) is 0 Å². The van der Waals surface area contributed by atoms with Crippen LogP contribution in [0.15, 0.2) is 0 Å². The lowest BCUT2D eigenvalue weighted by atomic mass is 9.96. The molecular formula is C11H18O3. The molecule has 14 heavy (non-hydrogen) atoms. The summed E-state index contributed by atoms with van der Waals surface area (Å²) < 4.78 is 11.3. The van der Waals surface area contributed by atoms with E-state index >= 15 is 0 Å². The molecule has 3 heteroatoms. The van der Waals surface area contributed by atoms with E-state index in [0.717, 1.165) is 25.7 Å². The van der Waals surface area contributed by atoms with Crippen molar-refractivity contribution < 1.29 is 14.3 Å². The highest BCUT2D eigenvalue weighted by Crippen LogP contribution is 2.35. The van der Waals surface area contributed by atoms with Crippen molar-refractivity contribution in [1.82, 2.24) is 0 Å². The first-order valence-corrected chi connectivity index (χ1v) is 5.56. The third kappa shape index (κ3) is 1.84. The molecule has 3 nitrogen and oxygen atoms in total. The smallest absolute Gasteiger partial charge is 0.168 e. The Hall–Kier alpha value is -0.410. The summed E-state index contributed by atoms with van der Waals surface area (Å²) in [6, 6.07) is 0. The van der Waals surface area contributed by atoms with Crippen molar-refractivity contribution in [3.8, 4) is 0 Å². The van der Waals surface area contributed by atoms with Gasteiger partial charge >= 0.3 is 0 Å². The van der Waals surface area contributed by atoms with E-state index < -0.39 is 5.79 Å². The minimum atomic E-state index is -0.403. The predicted octanol–water partition coefficient (Wildman–Crippen LogP) is 1.90. The maximum Gasteiger partial charge on any atom is 0.168 e. The minimum absolute atomic E-state index is 0.238. The number of ketones is 1. The molecule has 0 bridgehead atoms. The monoisotopic (exact) mass is 198 g/mol. The van der Waals surface area contributed by atoms with Gasteiger partial charge in [0.05, 0.1) is 13.2 Å². The Bertz CT molecular complexity index is 219. The molecule has 0 aromatic rings. The first-order valence-electron chi connectivity index (χ1n) is 5.56. The number of carbonyl (C=O) groups excluding carboxylic acids is 1. The van der Waals surface area contributed by atoms with Gasteiger partial charge in [0.15, 0.2) is 5.79 Å². The van der Waals surface area contributed by atoms with E-state index in [-0.39, 0.29) is 5.92 Å². The molecule has 1 atom stereocenters. The summed E-state index contributed by atoms with van der Waals surface area (Å²) in [5, 5.41) is 0. The Kier molecular flexibility index (Phi) is 2.88. The lowest BCUT2D eigenvalue weighted by Gasteiger charge is -2.25. The molecule has 1 spiro atoms. The summed E-state index contributed by atoms with van der Waals surface area (Å²) in [6.07, 6.45) is 4.14. The van der Waals surface area contributed by atoms with Crippen LogP contribution in [0.3, 0.4) is 0 Å². The van der Waals surface area contributed by atoms with Crippen molar-refractivity contribution in [2.75, 3.05) is 13.2 Å². The zero-order valence-electron chi connectivity index (χ0n) is 8.75. The van der Waals surface area contributed by atoms with Gasteiger partial charge in [-0.15, -0.1) is 0 Å². The van der Waals surface area contributed by atoms with Gasteiger partial charge in [-0.2, -0.15) is 0 Å². The topological polar surface area (TPSA) is 35.5 Å². The van der Waals surface area contributed by atoms with Crippen LogP contribution >= 0.6 is 0 Å². The van der Waals surface area contributed by atoms with Gasteiger partial charge in [0.2, 0.25) is 0 Å². The van der Waals surface area contributed by atoms with Crippen LogP contribution in [-0.2, 0) is 14.3 Å². The average Bonchev–Trinajstić information content (AvgIpc) is 2.58. The van der Waals surface area contributed by atoms with Crippen LogP contribution in [0.1, 0.15) is 39.0 Å². The van der Waals surface area contributed by atoms with Crippen molar-refractivity contribution in [2.24, 2.45) is 5.92 Å². The average molecular weight is 198 g/mol. The normalized spacial score (nSPS) is 32.1. The van der Waals surface area contributed by atoms with Gasteiger partial charge in [0.25, 0.3) is 0 Å². The molecule has 0 aromatic heterocycles. The number of carbonyl (C=O) groups is 1. The van der Waals surface area contributed by atoms with Gasteiger partial charge in [-0.05, 0) is 12.8 Å². The Labute approximate surface area is 84.8 Å². The van der Waals surface area contributed by atoms with Gasteiger partial charge in [-0.1, -0.05) is 6.92 Å². The Morgan fingerprint density at radius 2 is 2.07 bits per heavy atom. The molecule has 0 N–H and O–H groups in total. The first-order chi connectivity index (χ1) is 6.76. The predicted molar refractivity (Wildman–Crippen MR) is 51.9 cm³/mol. The summed E-state index contributed by atoms with van der Waals surface area (Å²) in [4.78, 5) is 11.7. The van der Waals surface area contributed by atoms with Crippen molar-refractivity contribution in [3.63, 3.8) is 0 Å². The number of ether oxygens (including phenoxy) is 2. The molecule has 1 heterocycles. The standard InChI is InChI=1S/C11H18O3/c1-2-9-3-5-11(6-4-10(9)12)13-7-8-14-11/h9H,2-8H2,1H3. The van der Waals surface area contributed by atoms with E-state index in [9.17, 15) is 4.79 Å². The molecule has 1 aliphatic heterocycles. The number of rotatable bonds is 1. The molecule has 1 saturated carbocycles. The second-order valence-electron chi connectivity index (χ2n) is 4.22. The molecule has 80 valence electrons. The van der Waals surface area contributed by atoms with Crippen LogP contribution in [0, 0.1) is 5.92 Å². The third-order valence-corrected chi connectivity index (χ3v) is 3.39. The maximum atomic E-state index is 11.7. The van der Waals surface area contributed by atoms with Crippen molar-refractivity contribution in [3.05, 3.63) is 0 Å². The fraction of sp³-hybridized carbons (Fsp3) is 0.909. The molecular weight excluding hydrogens is 180 g/mol. The van der Waals surface area contributed by atoms with E-state index in [1.54, 1.807) is 0 Å². The molecule has 0 aromatic carbocycles. The van der Waals surface area contributed by atoms with Crippen LogP contribution in [0.4, 0.5) is 0 Å². The molecule has 1 aliphatic carbocycles. The van der Waals surface area contributed by atoms with Crippen LogP contribution in [0.2, 0.25) is 0 Å². The maximum absolute atomic E-state index is 11.7. The fourth-order valence-corrected chi connectivity index (χ4v) is 2.42. The van der Waals surface area contributed by atoms with Crippen molar-refractivity contribution >= 4 is 5.78 Å². The quantitative estimate of drug-likeness (QED) is 0.645. The number of Topliss-reactive ketones (excluding diaryl/α,β-unsaturated/α-hetero) is 1. The Morgan fingerprint density at radius 1 is 1.36 bits per heavy atom. The number of hydrogen-bond donors (Lipinski definition) is 0. The molecule has 0 amide bonds. The SMILES string of the molecule is CCC1CCC2(CCC1=O)OCCO2. The molecule has 2 fully saturated rings. The summed E-state index contributed by atoms with van der Waals surface area (Å²) in [6.45, 7) is 3.45. The van der Waals surface area contributed by atoms with E-state index in [1.165, 1.54) is 0 Å². The highest BCUT2D eigenvalue weighted by atomic mass is 16.7. The summed E-state index contributed by atoms with van der Waals surface area (Å²) in [7, 11) is 0.